The van der Waals surface area contributed by atoms with Crippen molar-refractivity contribution in [3.63, 3.8) is 0 Å². The van der Waals surface area contributed by atoms with E-state index in [4.69, 9.17) is 14.5 Å². The van der Waals surface area contributed by atoms with Crippen LogP contribution in [0.5, 0.6) is 11.5 Å². The van der Waals surface area contributed by atoms with Gasteiger partial charge in [0.15, 0.2) is 17.5 Å². The lowest BCUT2D eigenvalue weighted by molar-refractivity contribution is 0.346. The molecule has 1 aliphatic heterocycles. The van der Waals surface area contributed by atoms with E-state index in [-0.39, 0.29) is 24.0 Å². The van der Waals surface area contributed by atoms with Crippen molar-refractivity contribution in [2.75, 3.05) is 46.3 Å². The molecule has 0 unspecified atom stereocenters. The number of methoxy groups -OCH3 is 2. The van der Waals surface area contributed by atoms with Gasteiger partial charge in [-0.15, -0.1) is 24.0 Å². The summed E-state index contributed by atoms with van der Waals surface area (Å²) in [5.74, 6) is 3.42. The van der Waals surface area contributed by atoms with E-state index in [1.54, 1.807) is 14.2 Å². The molecule has 0 spiro atoms. The van der Waals surface area contributed by atoms with E-state index in [0.717, 1.165) is 54.9 Å². The average Bonchev–Trinajstić information content (AvgIpc) is 2.75. The first-order chi connectivity index (χ1) is 14.1. The fourth-order valence-corrected chi connectivity index (χ4v) is 3.61. The molecule has 164 valence electrons. The van der Waals surface area contributed by atoms with Gasteiger partial charge >= 0.3 is 0 Å². The molecule has 3 rings (SSSR count). The van der Waals surface area contributed by atoms with E-state index < -0.39 is 0 Å². The minimum Gasteiger partial charge on any atom is -0.493 e. The largest absolute Gasteiger partial charge is 0.493 e. The van der Waals surface area contributed by atoms with Crippen molar-refractivity contribution in [3.8, 4) is 11.5 Å². The number of pyridine rings is 1. The Kier molecular flexibility index (Phi) is 9.01. The molecule has 8 heteroatoms. The van der Waals surface area contributed by atoms with Gasteiger partial charge < -0.3 is 24.6 Å². The Balaban J connectivity index is 0.00000320. The van der Waals surface area contributed by atoms with Crippen molar-refractivity contribution in [1.29, 1.82) is 0 Å². The van der Waals surface area contributed by atoms with Gasteiger partial charge in [0.05, 0.1) is 20.8 Å². The average molecular weight is 525 g/mol. The zero-order valence-electron chi connectivity index (χ0n) is 18.4. The highest BCUT2D eigenvalue weighted by Gasteiger charge is 2.21. The molecule has 2 heterocycles. The maximum Gasteiger partial charge on any atom is 0.194 e. The molecule has 2 aromatic rings. The number of ether oxygens (including phenoxy) is 2. The predicted molar refractivity (Wildman–Crippen MR) is 132 cm³/mol. The summed E-state index contributed by atoms with van der Waals surface area (Å²) >= 11 is 0. The fourth-order valence-electron chi connectivity index (χ4n) is 3.61. The molecular weight excluding hydrogens is 493 g/mol. The highest BCUT2D eigenvalue weighted by Crippen LogP contribution is 2.33. The molecule has 1 aromatic heterocycles. The predicted octanol–water partition coefficient (Wildman–Crippen LogP) is 3.31. The minimum atomic E-state index is 0. The second kappa shape index (κ2) is 11.2. The van der Waals surface area contributed by atoms with E-state index in [2.05, 4.69) is 40.3 Å². The van der Waals surface area contributed by atoms with Gasteiger partial charge in [0.2, 0.25) is 0 Å². The summed E-state index contributed by atoms with van der Waals surface area (Å²) < 4.78 is 10.9. The number of hydrogen-bond acceptors (Lipinski definition) is 5. The van der Waals surface area contributed by atoms with Crippen LogP contribution in [0.3, 0.4) is 0 Å². The SMILES string of the molecule is CCNC(=NCc1cccnc1N(C)C)N1CCc2cc(OC)c(OC)cc2C1.I. The highest BCUT2D eigenvalue weighted by atomic mass is 127. The topological polar surface area (TPSA) is 62.2 Å². The van der Waals surface area contributed by atoms with Gasteiger partial charge in [-0.25, -0.2) is 9.98 Å². The molecule has 0 radical (unpaired) electrons. The second-order valence-corrected chi connectivity index (χ2v) is 7.20. The molecule has 1 aromatic carbocycles. The van der Waals surface area contributed by atoms with Crippen LogP contribution in [0.4, 0.5) is 5.82 Å². The Morgan fingerprint density at radius 1 is 1.20 bits per heavy atom. The van der Waals surface area contributed by atoms with Crippen LogP contribution in [-0.4, -0.2) is 57.2 Å². The molecule has 30 heavy (non-hydrogen) atoms. The smallest absolute Gasteiger partial charge is 0.194 e. The van der Waals surface area contributed by atoms with Crippen LogP contribution in [0.25, 0.3) is 0 Å². The number of aliphatic imine (C=N–C) groups is 1. The Morgan fingerprint density at radius 2 is 1.90 bits per heavy atom. The maximum atomic E-state index is 5.49. The third-order valence-corrected chi connectivity index (χ3v) is 5.04. The van der Waals surface area contributed by atoms with Crippen molar-refractivity contribution < 1.29 is 9.47 Å². The number of halogens is 1. The lowest BCUT2D eigenvalue weighted by Gasteiger charge is -2.32. The Hall–Kier alpha value is -2.23. The summed E-state index contributed by atoms with van der Waals surface area (Å²) in [4.78, 5) is 13.7. The number of rotatable bonds is 6. The molecule has 0 amide bonds. The Morgan fingerprint density at radius 3 is 2.53 bits per heavy atom. The molecule has 0 bridgehead atoms. The second-order valence-electron chi connectivity index (χ2n) is 7.20. The van der Waals surface area contributed by atoms with Crippen LogP contribution < -0.4 is 19.7 Å². The molecule has 1 N–H and O–H groups in total. The first kappa shape index (κ1) is 24.0. The number of aromatic nitrogens is 1. The number of nitrogens with one attached hydrogen (secondary N) is 1. The lowest BCUT2D eigenvalue weighted by atomic mass is 9.99. The van der Waals surface area contributed by atoms with E-state index >= 15 is 0 Å². The lowest BCUT2D eigenvalue weighted by Crippen LogP contribution is -2.44. The number of anilines is 1. The van der Waals surface area contributed by atoms with E-state index in [0.29, 0.717) is 6.54 Å². The van der Waals surface area contributed by atoms with Crippen molar-refractivity contribution in [1.82, 2.24) is 15.2 Å². The molecule has 0 aliphatic carbocycles. The van der Waals surface area contributed by atoms with Crippen LogP contribution in [0, 0.1) is 0 Å². The van der Waals surface area contributed by atoms with Gasteiger partial charge in [0.1, 0.15) is 5.82 Å². The summed E-state index contributed by atoms with van der Waals surface area (Å²) in [5.41, 5.74) is 3.66. The first-order valence-electron chi connectivity index (χ1n) is 9.95. The molecule has 0 saturated heterocycles. The summed E-state index contributed by atoms with van der Waals surface area (Å²) in [7, 11) is 7.36. The van der Waals surface area contributed by atoms with Crippen molar-refractivity contribution >= 4 is 35.8 Å². The van der Waals surface area contributed by atoms with Crippen LogP contribution in [0.2, 0.25) is 0 Å². The third-order valence-electron chi connectivity index (χ3n) is 5.04. The van der Waals surface area contributed by atoms with Crippen LogP contribution >= 0.6 is 24.0 Å². The summed E-state index contributed by atoms with van der Waals surface area (Å²) in [6.45, 7) is 5.19. The number of fused-ring (bicyclic) bond motifs is 1. The molecule has 0 atom stereocenters. The van der Waals surface area contributed by atoms with E-state index in [1.807, 2.05) is 31.3 Å². The number of nitrogens with zero attached hydrogens (tertiary/aromatic N) is 4. The molecule has 7 nitrogen and oxygen atoms in total. The molecule has 0 fully saturated rings. The summed E-state index contributed by atoms with van der Waals surface area (Å²) in [5, 5.41) is 3.44. The molecular formula is C22H32IN5O2. The van der Waals surface area contributed by atoms with Crippen LogP contribution in [-0.2, 0) is 19.5 Å². The number of benzene rings is 1. The molecule has 0 saturated carbocycles. The molecule has 1 aliphatic rings. The van der Waals surface area contributed by atoms with Gasteiger partial charge in [-0.05, 0) is 42.7 Å². The summed E-state index contributed by atoms with van der Waals surface area (Å²) in [6, 6.07) is 8.21. The Bertz CT molecular complexity index is 873. The normalized spacial score (nSPS) is 13.2. The van der Waals surface area contributed by atoms with Gasteiger partial charge in [0, 0.05) is 45.5 Å². The zero-order chi connectivity index (χ0) is 20.8. The van der Waals surface area contributed by atoms with Crippen LogP contribution in [0.1, 0.15) is 23.6 Å². The van der Waals surface area contributed by atoms with Crippen molar-refractivity contribution in [2.45, 2.75) is 26.4 Å². The van der Waals surface area contributed by atoms with E-state index in [9.17, 15) is 0 Å². The van der Waals surface area contributed by atoms with E-state index in [1.165, 1.54) is 11.1 Å². The van der Waals surface area contributed by atoms with Crippen molar-refractivity contribution in [2.24, 2.45) is 4.99 Å². The minimum absolute atomic E-state index is 0. The van der Waals surface area contributed by atoms with Gasteiger partial charge in [-0.1, -0.05) is 6.07 Å². The first-order valence-corrected chi connectivity index (χ1v) is 9.95. The maximum absolute atomic E-state index is 5.49. The fraction of sp³-hybridized carbons (Fsp3) is 0.455. The van der Waals surface area contributed by atoms with Crippen LogP contribution in [0.15, 0.2) is 35.5 Å². The number of guanidine groups is 1. The highest BCUT2D eigenvalue weighted by molar-refractivity contribution is 14.0. The van der Waals surface area contributed by atoms with Crippen molar-refractivity contribution in [3.05, 3.63) is 47.2 Å². The quantitative estimate of drug-likeness (QED) is 0.355. The standard InChI is InChI=1S/C22H31N5O2.HI/c1-6-23-22(25-14-17-8-7-10-24-21(17)26(2)3)27-11-9-16-12-19(28-4)20(29-5)13-18(16)15-27;/h7-8,10,12-13H,6,9,11,14-15H2,1-5H3,(H,23,25);1H. The van der Waals surface area contributed by atoms with Gasteiger partial charge in [-0.3, -0.25) is 0 Å². The Labute approximate surface area is 196 Å². The third kappa shape index (κ3) is 5.47. The zero-order valence-corrected chi connectivity index (χ0v) is 20.8. The van der Waals surface area contributed by atoms with Gasteiger partial charge in [0.25, 0.3) is 0 Å². The number of hydrogen-bond donors (Lipinski definition) is 1. The summed E-state index contributed by atoms with van der Waals surface area (Å²) in [6.07, 6.45) is 2.76. The monoisotopic (exact) mass is 525 g/mol. The van der Waals surface area contributed by atoms with Gasteiger partial charge in [-0.2, -0.15) is 0 Å².